The number of para-hydroxylation sites is 1. The van der Waals surface area contributed by atoms with Gasteiger partial charge in [0.2, 0.25) is 4.96 Å². The number of rotatable bonds is 6. The van der Waals surface area contributed by atoms with Gasteiger partial charge in [0.15, 0.2) is 6.61 Å². The summed E-state index contributed by atoms with van der Waals surface area (Å²) in [6.45, 7) is 3.62. The minimum atomic E-state index is -0.350. The number of amides is 1. The Morgan fingerprint density at radius 2 is 1.97 bits per heavy atom. The molecule has 2 heterocycles. The molecule has 0 saturated carbocycles. The first-order valence-electron chi connectivity index (χ1n) is 9.13. The monoisotopic (exact) mass is 442 g/mol. The van der Waals surface area contributed by atoms with Crippen molar-refractivity contribution in [3.05, 3.63) is 57.9 Å². The molecule has 154 valence electrons. The van der Waals surface area contributed by atoms with E-state index in [0.29, 0.717) is 15.7 Å². The van der Waals surface area contributed by atoms with Crippen LogP contribution >= 0.6 is 22.9 Å². The fourth-order valence-electron chi connectivity index (χ4n) is 3.08. The number of nitrogens with zero attached hydrogens (tertiary/aromatic N) is 3. The van der Waals surface area contributed by atoms with Crippen LogP contribution in [0.1, 0.15) is 11.1 Å². The number of aromatic nitrogens is 3. The Labute approximate surface area is 182 Å². The van der Waals surface area contributed by atoms with Crippen molar-refractivity contribution in [2.75, 3.05) is 19.0 Å². The Balaban J connectivity index is 1.48. The van der Waals surface area contributed by atoms with Crippen LogP contribution in [-0.4, -0.2) is 34.2 Å². The van der Waals surface area contributed by atoms with Gasteiger partial charge in [-0.1, -0.05) is 23.7 Å². The summed E-state index contributed by atoms with van der Waals surface area (Å²) in [5, 5.41) is 9.74. The van der Waals surface area contributed by atoms with Crippen molar-refractivity contribution >= 4 is 39.8 Å². The molecule has 30 heavy (non-hydrogen) atoms. The molecule has 0 aliphatic carbocycles. The normalized spacial score (nSPS) is 10.9. The molecular formula is C21H19ClN4O3S. The van der Waals surface area contributed by atoms with Crippen LogP contribution < -0.4 is 14.8 Å². The van der Waals surface area contributed by atoms with Crippen molar-refractivity contribution in [1.82, 2.24) is 14.6 Å². The van der Waals surface area contributed by atoms with E-state index in [4.69, 9.17) is 21.1 Å². The second kappa shape index (κ2) is 8.33. The second-order valence-electron chi connectivity index (χ2n) is 6.66. The summed E-state index contributed by atoms with van der Waals surface area (Å²) in [5.41, 5.74) is 3.52. The Kier molecular flexibility index (Phi) is 5.61. The van der Waals surface area contributed by atoms with E-state index in [2.05, 4.69) is 15.4 Å². The van der Waals surface area contributed by atoms with Gasteiger partial charge < -0.3 is 9.47 Å². The Morgan fingerprint density at radius 1 is 1.23 bits per heavy atom. The van der Waals surface area contributed by atoms with E-state index < -0.39 is 0 Å². The van der Waals surface area contributed by atoms with E-state index in [0.717, 1.165) is 28.1 Å². The molecule has 0 spiro atoms. The summed E-state index contributed by atoms with van der Waals surface area (Å²) in [4.78, 5) is 17.3. The van der Waals surface area contributed by atoms with Gasteiger partial charge in [0.1, 0.15) is 11.5 Å². The van der Waals surface area contributed by atoms with Gasteiger partial charge in [-0.05, 0) is 49.2 Å². The van der Waals surface area contributed by atoms with Gasteiger partial charge in [0.25, 0.3) is 11.9 Å². The number of nitrogens with one attached hydrogen (secondary N) is 1. The third kappa shape index (κ3) is 3.96. The largest absolute Gasteiger partial charge is 0.496 e. The number of carbonyl (C=O) groups is 1. The molecule has 4 rings (SSSR count). The summed E-state index contributed by atoms with van der Waals surface area (Å²) < 4.78 is 12.7. The highest BCUT2D eigenvalue weighted by Crippen LogP contribution is 2.32. The number of anilines is 1. The maximum absolute atomic E-state index is 12.3. The Hall–Kier alpha value is -3.10. The standard InChI is InChI=1S/C21H19ClN4O3S/c1-12-8-14(9-13(2)19(12)22)29-10-18(27)23-20-24-21-26(25-20)16(11-30-21)15-6-4-5-7-17(15)28-3/h4-9,11H,10H2,1-3H3,(H,23,25,27). The lowest BCUT2D eigenvalue weighted by Gasteiger charge is -2.09. The average Bonchev–Trinajstić information content (AvgIpc) is 3.30. The lowest BCUT2D eigenvalue weighted by molar-refractivity contribution is -0.118. The molecule has 4 aromatic rings. The summed E-state index contributed by atoms with van der Waals surface area (Å²) in [7, 11) is 1.62. The molecule has 0 unspecified atom stereocenters. The quantitative estimate of drug-likeness (QED) is 0.466. The molecule has 2 aromatic carbocycles. The smallest absolute Gasteiger partial charge is 0.264 e. The minimum absolute atomic E-state index is 0.160. The second-order valence-corrected chi connectivity index (χ2v) is 7.87. The first-order valence-corrected chi connectivity index (χ1v) is 10.4. The van der Waals surface area contributed by atoms with Crippen LogP contribution in [0.25, 0.3) is 16.2 Å². The fraction of sp³-hybridized carbons (Fsp3) is 0.190. The molecule has 0 atom stereocenters. The first kappa shape index (κ1) is 20.2. The predicted octanol–water partition coefficient (Wildman–Crippen LogP) is 4.75. The van der Waals surface area contributed by atoms with Gasteiger partial charge in [0, 0.05) is 16.0 Å². The minimum Gasteiger partial charge on any atom is -0.496 e. The van der Waals surface area contributed by atoms with Gasteiger partial charge >= 0.3 is 0 Å². The number of halogens is 1. The number of methoxy groups -OCH3 is 1. The van der Waals surface area contributed by atoms with Crippen molar-refractivity contribution in [1.29, 1.82) is 0 Å². The van der Waals surface area contributed by atoms with Gasteiger partial charge in [0.05, 0.1) is 12.8 Å². The molecule has 1 N–H and O–H groups in total. The number of hydrogen-bond donors (Lipinski definition) is 1. The van der Waals surface area contributed by atoms with Crippen LogP contribution in [0.3, 0.4) is 0 Å². The van der Waals surface area contributed by atoms with E-state index in [1.165, 1.54) is 11.3 Å². The van der Waals surface area contributed by atoms with E-state index in [1.54, 1.807) is 23.8 Å². The SMILES string of the molecule is COc1ccccc1-c1csc2nc(NC(=O)COc3cc(C)c(Cl)c(C)c3)nn12. The van der Waals surface area contributed by atoms with E-state index >= 15 is 0 Å². The van der Waals surface area contributed by atoms with Gasteiger partial charge in [-0.25, -0.2) is 4.52 Å². The zero-order valence-corrected chi connectivity index (χ0v) is 18.2. The molecule has 2 aromatic heterocycles. The number of thiazole rings is 1. The van der Waals surface area contributed by atoms with Crippen molar-refractivity contribution < 1.29 is 14.3 Å². The molecule has 0 fully saturated rings. The van der Waals surface area contributed by atoms with Crippen molar-refractivity contribution in [2.45, 2.75) is 13.8 Å². The van der Waals surface area contributed by atoms with Gasteiger partial charge in [-0.3, -0.25) is 10.1 Å². The van der Waals surface area contributed by atoms with Crippen LogP contribution in [0.2, 0.25) is 5.02 Å². The Bertz CT molecular complexity index is 1210. The van der Waals surface area contributed by atoms with Crippen LogP contribution in [0.5, 0.6) is 11.5 Å². The first-order chi connectivity index (χ1) is 14.5. The maximum Gasteiger partial charge on any atom is 0.264 e. The third-order valence-electron chi connectivity index (χ3n) is 4.50. The van der Waals surface area contributed by atoms with Crippen LogP contribution in [-0.2, 0) is 4.79 Å². The molecule has 0 radical (unpaired) electrons. The van der Waals surface area contributed by atoms with Crippen molar-refractivity contribution in [3.8, 4) is 22.8 Å². The average molecular weight is 443 g/mol. The predicted molar refractivity (Wildman–Crippen MR) is 118 cm³/mol. The van der Waals surface area contributed by atoms with Gasteiger partial charge in [-0.15, -0.1) is 16.4 Å². The molecule has 0 saturated heterocycles. The molecule has 0 aliphatic heterocycles. The maximum atomic E-state index is 12.3. The summed E-state index contributed by atoms with van der Waals surface area (Å²) in [6.07, 6.45) is 0. The highest BCUT2D eigenvalue weighted by molar-refractivity contribution is 7.15. The summed E-state index contributed by atoms with van der Waals surface area (Å²) in [5.74, 6) is 1.19. The highest BCUT2D eigenvalue weighted by atomic mass is 35.5. The summed E-state index contributed by atoms with van der Waals surface area (Å²) >= 11 is 7.59. The Morgan fingerprint density at radius 3 is 2.70 bits per heavy atom. The van der Waals surface area contributed by atoms with Crippen LogP contribution in [0.15, 0.2) is 41.8 Å². The topological polar surface area (TPSA) is 77.8 Å². The lowest BCUT2D eigenvalue weighted by Crippen LogP contribution is -2.21. The zero-order chi connectivity index (χ0) is 21.3. The van der Waals surface area contributed by atoms with Gasteiger partial charge in [-0.2, -0.15) is 4.98 Å². The summed E-state index contributed by atoms with van der Waals surface area (Å²) in [6, 6.07) is 11.3. The number of hydrogen-bond acceptors (Lipinski definition) is 6. The van der Waals surface area contributed by atoms with Crippen LogP contribution in [0.4, 0.5) is 5.95 Å². The molecule has 1 amide bonds. The van der Waals surface area contributed by atoms with Crippen LogP contribution in [0, 0.1) is 13.8 Å². The van der Waals surface area contributed by atoms with Crippen molar-refractivity contribution in [2.24, 2.45) is 0 Å². The molecule has 0 bridgehead atoms. The number of ether oxygens (including phenoxy) is 2. The third-order valence-corrected chi connectivity index (χ3v) is 5.91. The van der Waals surface area contributed by atoms with E-state index in [1.807, 2.05) is 43.5 Å². The number of carbonyl (C=O) groups excluding carboxylic acids is 1. The van der Waals surface area contributed by atoms with E-state index in [-0.39, 0.29) is 18.5 Å². The lowest BCUT2D eigenvalue weighted by atomic mass is 10.1. The molecule has 0 aliphatic rings. The number of fused-ring (bicyclic) bond motifs is 1. The number of aryl methyl sites for hydroxylation is 2. The zero-order valence-electron chi connectivity index (χ0n) is 16.6. The molecular weight excluding hydrogens is 424 g/mol. The number of benzene rings is 2. The molecule has 9 heteroatoms. The molecule has 7 nitrogen and oxygen atoms in total. The van der Waals surface area contributed by atoms with Crippen molar-refractivity contribution in [3.63, 3.8) is 0 Å². The van der Waals surface area contributed by atoms with E-state index in [9.17, 15) is 4.79 Å². The highest BCUT2D eigenvalue weighted by Gasteiger charge is 2.16. The fourth-order valence-corrected chi connectivity index (χ4v) is 4.01.